The number of amides is 1. The Kier molecular flexibility index (Phi) is 7.94. The van der Waals surface area contributed by atoms with Gasteiger partial charge < -0.3 is 18.8 Å². The van der Waals surface area contributed by atoms with Crippen LogP contribution in [0.2, 0.25) is 5.02 Å². The number of morpholine rings is 1. The van der Waals surface area contributed by atoms with Crippen LogP contribution in [0.3, 0.4) is 0 Å². The number of rotatable bonds is 6. The molecule has 12 heteroatoms. The van der Waals surface area contributed by atoms with Gasteiger partial charge in [-0.15, -0.1) is 0 Å². The predicted molar refractivity (Wildman–Crippen MR) is 164 cm³/mol. The number of benzene rings is 3. The second kappa shape index (κ2) is 11.8. The number of halogens is 3. The number of para-hydroxylation sites is 1. The van der Waals surface area contributed by atoms with Crippen molar-refractivity contribution in [2.75, 3.05) is 32.9 Å². The first-order valence-corrected chi connectivity index (χ1v) is 14.6. The van der Waals surface area contributed by atoms with Crippen molar-refractivity contribution in [1.82, 2.24) is 14.6 Å². The van der Waals surface area contributed by atoms with Crippen LogP contribution < -0.4 is 10.3 Å². The molecule has 0 radical (unpaired) electrons. The highest BCUT2D eigenvalue weighted by Crippen LogP contribution is 2.34. The van der Waals surface area contributed by atoms with E-state index >= 15 is 0 Å². The molecule has 0 aliphatic carbocycles. The highest BCUT2D eigenvalue weighted by atomic mass is 79.9. The van der Waals surface area contributed by atoms with Crippen molar-refractivity contribution in [2.45, 2.75) is 0 Å². The molecule has 5 aromatic rings. The van der Waals surface area contributed by atoms with Crippen molar-refractivity contribution < 1.29 is 18.7 Å². The summed E-state index contributed by atoms with van der Waals surface area (Å²) in [6.45, 7) is 1.93. The molecule has 2 aromatic heterocycles. The van der Waals surface area contributed by atoms with Crippen molar-refractivity contribution in [2.24, 2.45) is 5.10 Å². The largest absolute Gasteiger partial charge is 0.481 e. The lowest BCUT2D eigenvalue weighted by molar-refractivity contribution is -0.137. The molecule has 0 atom stereocenters. The minimum absolute atomic E-state index is 0.143. The standard InChI is InChI=1S/C29H21Br2ClN4O5/c30-19-5-6-24-18(13-19)14-25(41-24)28-34-23-4-2-1-3-20(23)29(38)36(28)33-15-17-11-21(31)27(22(32)12-17)40-16-26(37)35-7-9-39-10-8-35/h1-6,11-15H,7-10,16H2. The third-order valence-corrected chi connectivity index (χ3v) is 7.86. The minimum atomic E-state index is -0.352. The van der Waals surface area contributed by atoms with Gasteiger partial charge in [0, 0.05) is 22.9 Å². The topological polar surface area (TPSA) is 99.2 Å². The molecular weight excluding hydrogens is 680 g/mol. The molecule has 1 saturated heterocycles. The average molecular weight is 701 g/mol. The SMILES string of the molecule is O=C(COc1c(Cl)cc(C=Nn2c(-c3cc4cc(Br)ccc4o3)nc3ccccc3c2=O)cc1Br)N1CCOCC1. The number of aromatic nitrogens is 2. The molecule has 0 unspecified atom stereocenters. The van der Waals surface area contributed by atoms with E-state index in [-0.39, 0.29) is 28.9 Å². The lowest BCUT2D eigenvalue weighted by Gasteiger charge is -2.26. The highest BCUT2D eigenvalue weighted by Gasteiger charge is 2.20. The lowest BCUT2D eigenvalue weighted by atomic mass is 10.2. The van der Waals surface area contributed by atoms with Crippen molar-refractivity contribution in [3.05, 3.63) is 90.5 Å². The van der Waals surface area contributed by atoms with Crippen molar-refractivity contribution in [3.8, 4) is 17.3 Å². The lowest BCUT2D eigenvalue weighted by Crippen LogP contribution is -2.43. The first kappa shape index (κ1) is 27.6. The third kappa shape index (κ3) is 5.80. The zero-order valence-electron chi connectivity index (χ0n) is 21.4. The van der Waals surface area contributed by atoms with Crippen molar-refractivity contribution in [1.29, 1.82) is 0 Å². The quantitative estimate of drug-likeness (QED) is 0.199. The van der Waals surface area contributed by atoms with Gasteiger partial charge in [-0.2, -0.15) is 9.78 Å². The molecule has 41 heavy (non-hydrogen) atoms. The van der Waals surface area contributed by atoms with Gasteiger partial charge in [0.15, 0.2) is 18.1 Å². The molecular formula is C29H21Br2ClN4O5. The predicted octanol–water partition coefficient (Wildman–Crippen LogP) is 6.11. The molecule has 208 valence electrons. The van der Waals surface area contributed by atoms with Crippen LogP contribution in [0.25, 0.3) is 33.5 Å². The number of hydrogen-bond acceptors (Lipinski definition) is 7. The van der Waals surface area contributed by atoms with Gasteiger partial charge >= 0.3 is 0 Å². The van der Waals surface area contributed by atoms with Crippen molar-refractivity contribution in [3.63, 3.8) is 0 Å². The fourth-order valence-electron chi connectivity index (χ4n) is 4.47. The Hall–Kier alpha value is -3.51. The number of nitrogens with zero attached hydrogens (tertiary/aromatic N) is 4. The molecule has 3 aromatic carbocycles. The van der Waals surface area contributed by atoms with Gasteiger partial charge in [-0.3, -0.25) is 9.59 Å². The van der Waals surface area contributed by atoms with Crippen LogP contribution in [-0.2, 0) is 9.53 Å². The Balaban J connectivity index is 1.33. The summed E-state index contributed by atoms with van der Waals surface area (Å²) >= 11 is 13.5. The number of carbonyl (C=O) groups excluding carboxylic acids is 1. The van der Waals surface area contributed by atoms with Crippen LogP contribution in [0, 0.1) is 0 Å². The molecule has 6 rings (SSSR count). The van der Waals surface area contributed by atoms with Gasteiger partial charge in [0.25, 0.3) is 11.5 Å². The molecule has 0 bridgehead atoms. The molecule has 0 N–H and O–H groups in total. The van der Waals surface area contributed by atoms with E-state index in [0.29, 0.717) is 64.3 Å². The number of furan rings is 1. The van der Waals surface area contributed by atoms with E-state index in [1.54, 1.807) is 35.2 Å². The first-order valence-electron chi connectivity index (χ1n) is 12.6. The van der Waals surface area contributed by atoms with E-state index in [9.17, 15) is 9.59 Å². The summed E-state index contributed by atoms with van der Waals surface area (Å²) in [6, 6.07) is 17.9. The number of fused-ring (bicyclic) bond motifs is 2. The first-order chi connectivity index (χ1) is 19.9. The Morgan fingerprint density at radius 3 is 2.71 bits per heavy atom. The van der Waals surface area contributed by atoms with E-state index in [4.69, 9.17) is 30.5 Å². The van der Waals surface area contributed by atoms with E-state index in [2.05, 4.69) is 37.0 Å². The number of carbonyl (C=O) groups is 1. The summed E-state index contributed by atoms with van der Waals surface area (Å²) in [4.78, 5) is 32.4. The Labute approximate surface area is 255 Å². The van der Waals surface area contributed by atoms with E-state index in [1.165, 1.54) is 10.9 Å². The summed E-state index contributed by atoms with van der Waals surface area (Å²) in [5.74, 6) is 0.842. The normalized spacial score (nSPS) is 13.9. The summed E-state index contributed by atoms with van der Waals surface area (Å²) in [6.07, 6.45) is 1.50. The Bertz CT molecular complexity index is 1860. The maximum atomic E-state index is 13.5. The second-order valence-electron chi connectivity index (χ2n) is 9.20. The maximum absolute atomic E-state index is 13.5. The monoisotopic (exact) mass is 698 g/mol. The van der Waals surface area contributed by atoms with E-state index < -0.39 is 0 Å². The maximum Gasteiger partial charge on any atom is 0.282 e. The molecule has 1 aliphatic heterocycles. The smallest absolute Gasteiger partial charge is 0.282 e. The Morgan fingerprint density at radius 2 is 1.90 bits per heavy atom. The van der Waals surface area contributed by atoms with Crippen LogP contribution in [0.1, 0.15) is 5.56 Å². The molecule has 9 nitrogen and oxygen atoms in total. The molecule has 1 amide bonds. The van der Waals surface area contributed by atoms with Gasteiger partial charge in [-0.25, -0.2) is 4.98 Å². The van der Waals surface area contributed by atoms with Gasteiger partial charge in [-0.05, 0) is 70.0 Å². The fraction of sp³-hybridized carbons (Fsp3) is 0.172. The third-order valence-electron chi connectivity index (χ3n) is 6.50. The van der Waals surface area contributed by atoms with Gasteiger partial charge in [0.1, 0.15) is 5.58 Å². The summed E-state index contributed by atoms with van der Waals surface area (Å²) in [5.41, 5.74) is 1.42. The Morgan fingerprint density at radius 1 is 1.10 bits per heavy atom. The van der Waals surface area contributed by atoms with Crippen LogP contribution >= 0.6 is 43.5 Å². The van der Waals surface area contributed by atoms with Crippen LogP contribution in [0.15, 0.2) is 83.9 Å². The zero-order valence-corrected chi connectivity index (χ0v) is 25.3. The zero-order chi connectivity index (χ0) is 28.5. The van der Waals surface area contributed by atoms with Gasteiger partial charge in [0.05, 0.1) is 39.8 Å². The molecule has 0 spiro atoms. The van der Waals surface area contributed by atoms with Gasteiger partial charge in [-0.1, -0.05) is 39.7 Å². The van der Waals surface area contributed by atoms with Crippen molar-refractivity contribution >= 4 is 77.5 Å². The van der Waals surface area contributed by atoms with Gasteiger partial charge in [0.2, 0.25) is 5.82 Å². The van der Waals surface area contributed by atoms with Crippen LogP contribution in [0.5, 0.6) is 5.75 Å². The number of hydrogen-bond donors (Lipinski definition) is 0. The summed E-state index contributed by atoms with van der Waals surface area (Å²) in [7, 11) is 0. The molecule has 3 heterocycles. The second-order valence-corrected chi connectivity index (χ2v) is 11.4. The van der Waals surface area contributed by atoms with Crippen LogP contribution in [-0.4, -0.2) is 59.6 Å². The summed E-state index contributed by atoms with van der Waals surface area (Å²) in [5, 5.41) is 6.04. The highest BCUT2D eigenvalue weighted by molar-refractivity contribution is 9.10. The van der Waals surface area contributed by atoms with Crippen LogP contribution in [0.4, 0.5) is 0 Å². The minimum Gasteiger partial charge on any atom is -0.481 e. The summed E-state index contributed by atoms with van der Waals surface area (Å²) < 4.78 is 19.7. The number of ether oxygens (including phenoxy) is 2. The molecule has 0 saturated carbocycles. The average Bonchev–Trinajstić information content (AvgIpc) is 3.39. The molecule has 1 fully saturated rings. The van der Waals surface area contributed by atoms with E-state index in [1.807, 2.05) is 30.3 Å². The fourth-order valence-corrected chi connectivity index (χ4v) is 5.84. The van der Waals surface area contributed by atoms with E-state index in [0.717, 1.165) is 9.86 Å². The molecule has 1 aliphatic rings.